The van der Waals surface area contributed by atoms with E-state index in [4.69, 9.17) is 0 Å². The molecule has 0 unspecified atom stereocenters. The molecule has 2 aromatic heterocycles. The quantitative estimate of drug-likeness (QED) is 0.274. The van der Waals surface area contributed by atoms with Crippen molar-refractivity contribution in [2.75, 3.05) is 0 Å². The number of para-hydroxylation sites is 2. The van der Waals surface area contributed by atoms with Crippen molar-refractivity contribution in [3.8, 4) is 0 Å². The third-order valence-electron chi connectivity index (χ3n) is 7.90. The third-order valence-corrected chi connectivity index (χ3v) is 7.90. The summed E-state index contributed by atoms with van der Waals surface area (Å²) < 4.78 is 4.82. The molecule has 0 saturated carbocycles. The first-order chi connectivity index (χ1) is 18.3. The van der Waals surface area contributed by atoms with E-state index in [1.54, 1.807) is 0 Å². The molecule has 0 N–H and O–H groups in total. The molecule has 0 bridgehead atoms. The highest BCUT2D eigenvalue weighted by atomic mass is 35.5. The summed E-state index contributed by atoms with van der Waals surface area (Å²) >= 11 is 0. The molecule has 2 nitrogen and oxygen atoms in total. The molecular weight excluding hydrogens is 484 g/mol. The first-order valence-electron chi connectivity index (χ1n) is 13.3. The molecule has 186 valence electrons. The number of aryl methyl sites for hydroxylation is 2. The summed E-state index contributed by atoms with van der Waals surface area (Å²) in [6.45, 7) is 6.35. The normalized spacial score (nSPS) is 13.9. The van der Waals surface area contributed by atoms with Gasteiger partial charge in [-0.05, 0) is 55.3 Å². The Balaban J connectivity index is 0.00000264. The minimum Gasteiger partial charge on any atom is -1.00 e. The van der Waals surface area contributed by atoms with E-state index in [1.165, 1.54) is 66.2 Å². The Morgan fingerprint density at radius 3 is 2.03 bits per heavy atom. The predicted molar refractivity (Wildman–Crippen MR) is 156 cm³/mol. The molecule has 4 aromatic carbocycles. The van der Waals surface area contributed by atoms with Crippen LogP contribution in [0.1, 0.15) is 36.2 Å². The summed E-state index contributed by atoms with van der Waals surface area (Å²) in [5.74, 6) is 0. The van der Waals surface area contributed by atoms with Crippen molar-refractivity contribution < 1.29 is 12.4 Å². The van der Waals surface area contributed by atoms with Gasteiger partial charge in [-0.25, -0.2) is 0 Å². The molecule has 3 heteroatoms. The average Bonchev–Trinajstić information content (AvgIpc) is 3.45. The maximum atomic E-state index is 3.70. The molecule has 0 amide bonds. The van der Waals surface area contributed by atoms with Crippen molar-refractivity contribution in [3.63, 3.8) is 0 Å². The van der Waals surface area contributed by atoms with Crippen LogP contribution in [-0.2, 0) is 19.5 Å². The smallest absolute Gasteiger partial charge is 0.214 e. The Labute approximate surface area is 229 Å². The number of allylic oxidation sites excluding steroid dienone is 2. The summed E-state index contributed by atoms with van der Waals surface area (Å²) in [7, 11) is 0. The fourth-order valence-electron chi connectivity index (χ4n) is 6.30. The number of hydrogen-bond donors (Lipinski definition) is 0. The van der Waals surface area contributed by atoms with Crippen LogP contribution in [0.5, 0.6) is 0 Å². The van der Waals surface area contributed by atoms with Crippen LogP contribution in [0.25, 0.3) is 38.3 Å². The van der Waals surface area contributed by atoms with Gasteiger partial charge in [-0.15, -0.1) is 0 Å². The van der Waals surface area contributed by atoms with E-state index in [0.717, 1.165) is 19.5 Å². The van der Waals surface area contributed by atoms with Gasteiger partial charge in [0.15, 0.2) is 0 Å². The zero-order valence-corrected chi connectivity index (χ0v) is 22.5. The van der Waals surface area contributed by atoms with Crippen molar-refractivity contribution in [3.05, 3.63) is 137 Å². The lowest BCUT2D eigenvalue weighted by molar-refractivity contribution is -0.00000717. The van der Waals surface area contributed by atoms with Crippen LogP contribution in [0, 0.1) is 6.08 Å². The molecule has 0 atom stereocenters. The van der Waals surface area contributed by atoms with Crippen LogP contribution in [0.3, 0.4) is 0 Å². The second-order valence-electron chi connectivity index (χ2n) is 9.81. The summed E-state index contributed by atoms with van der Waals surface area (Å²) in [6.07, 6.45) is 6.83. The van der Waals surface area contributed by atoms with Crippen LogP contribution < -0.4 is 12.4 Å². The first-order valence-corrected chi connectivity index (χ1v) is 13.3. The molecule has 1 aliphatic rings. The molecule has 38 heavy (non-hydrogen) atoms. The van der Waals surface area contributed by atoms with Gasteiger partial charge in [0, 0.05) is 40.5 Å². The van der Waals surface area contributed by atoms with Crippen molar-refractivity contribution in [2.24, 2.45) is 0 Å². The zero-order valence-electron chi connectivity index (χ0n) is 21.7. The van der Waals surface area contributed by atoms with Crippen LogP contribution >= 0.6 is 0 Å². The lowest BCUT2D eigenvalue weighted by Crippen LogP contribution is -3.00. The van der Waals surface area contributed by atoms with E-state index in [1.807, 2.05) is 0 Å². The minimum absolute atomic E-state index is 0. The average molecular weight is 513 g/mol. The summed E-state index contributed by atoms with van der Waals surface area (Å²) in [6, 6.07) is 35.4. The summed E-state index contributed by atoms with van der Waals surface area (Å²) in [4.78, 5) is 0. The molecular formula is C35H29ClN2. The van der Waals surface area contributed by atoms with E-state index >= 15 is 0 Å². The van der Waals surface area contributed by atoms with Gasteiger partial charge in [-0.3, -0.25) is 0 Å². The van der Waals surface area contributed by atoms with Gasteiger partial charge in [-0.2, -0.15) is 0 Å². The standard InChI is InChI=1S/C35H29N2.ClH/c1-3-36-31-16-10-8-14-27(31)29-22-25(18-20-33(29)36)35(24-12-6-5-7-13-24)26-19-21-34-30(23-26)28-15-9-11-17-32(28)37(34)4-2;/h5-20,22H,3-4,23H2,1-2H3;1H/q+1;/p-1. The lowest BCUT2D eigenvalue weighted by Gasteiger charge is -2.12. The number of nitrogens with zero attached hydrogens (tertiary/aromatic N) is 2. The number of hydrogen-bond acceptors (Lipinski definition) is 0. The minimum atomic E-state index is 0. The maximum absolute atomic E-state index is 3.70. The molecule has 6 aromatic rings. The fourth-order valence-corrected chi connectivity index (χ4v) is 6.30. The predicted octanol–water partition coefficient (Wildman–Crippen LogP) is 5.56. The van der Waals surface area contributed by atoms with E-state index in [9.17, 15) is 0 Å². The van der Waals surface area contributed by atoms with Crippen LogP contribution in [0.15, 0.2) is 109 Å². The molecule has 2 heterocycles. The fraction of sp³-hybridized carbons (Fsp3) is 0.143. The second kappa shape index (κ2) is 9.65. The Morgan fingerprint density at radius 1 is 0.658 bits per heavy atom. The molecule has 1 aliphatic carbocycles. The second-order valence-corrected chi connectivity index (χ2v) is 9.81. The Bertz CT molecular complexity index is 1860. The molecule has 0 spiro atoms. The van der Waals surface area contributed by atoms with Crippen molar-refractivity contribution in [1.82, 2.24) is 9.13 Å². The van der Waals surface area contributed by atoms with Crippen molar-refractivity contribution >= 4 is 38.3 Å². The largest absolute Gasteiger partial charge is 1.00 e. The van der Waals surface area contributed by atoms with Crippen molar-refractivity contribution in [1.29, 1.82) is 0 Å². The molecule has 0 saturated heterocycles. The van der Waals surface area contributed by atoms with E-state index in [0.29, 0.717) is 0 Å². The van der Waals surface area contributed by atoms with Gasteiger partial charge in [0.25, 0.3) is 0 Å². The van der Waals surface area contributed by atoms with Crippen molar-refractivity contribution in [2.45, 2.75) is 33.4 Å². The number of halogens is 1. The van der Waals surface area contributed by atoms with E-state index in [2.05, 4.69) is 132 Å². The molecule has 0 aliphatic heterocycles. The lowest BCUT2D eigenvalue weighted by atomic mass is 9.86. The van der Waals surface area contributed by atoms with Crippen LogP contribution in [0.2, 0.25) is 0 Å². The molecule has 7 rings (SSSR count). The highest BCUT2D eigenvalue weighted by molar-refractivity contribution is 6.09. The topological polar surface area (TPSA) is 9.86 Å². The number of aromatic nitrogens is 2. The van der Waals surface area contributed by atoms with Gasteiger partial charge in [0.2, 0.25) is 5.69 Å². The Morgan fingerprint density at radius 2 is 1.29 bits per heavy atom. The van der Waals surface area contributed by atoms with Gasteiger partial charge in [-0.1, -0.05) is 66.7 Å². The SMILES string of the molecule is CCn1c2c(c3ccccc31)CC(=C(c1ccccc1)c1ccc3c(c1)c1ccccc1n3CC)C=[C+]2.[Cl-]. The van der Waals surface area contributed by atoms with Crippen LogP contribution in [0.4, 0.5) is 0 Å². The first kappa shape index (κ1) is 24.2. The monoisotopic (exact) mass is 512 g/mol. The third kappa shape index (κ3) is 3.61. The number of rotatable bonds is 4. The molecule has 0 fully saturated rings. The highest BCUT2D eigenvalue weighted by Gasteiger charge is 2.29. The van der Waals surface area contributed by atoms with Gasteiger partial charge < -0.3 is 21.5 Å². The van der Waals surface area contributed by atoms with E-state index in [-0.39, 0.29) is 12.4 Å². The molecule has 0 radical (unpaired) electrons. The number of fused-ring (bicyclic) bond motifs is 6. The summed E-state index contributed by atoms with van der Waals surface area (Å²) in [5.41, 5.74) is 11.6. The van der Waals surface area contributed by atoms with Gasteiger partial charge in [0.05, 0.1) is 34.5 Å². The van der Waals surface area contributed by atoms with Gasteiger partial charge in [0.1, 0.15) is 6.08 Å². The van der Waals surface area contributed by atoms with E-state index < -0.39 is 0 Å². The Kier molecular flexibility index (Phi) is 6.16. The summed E-state index contributed by atoms with van der Waals surface area (Å²) in [5, 5.41) is 3.97. The number of benzene rings is 4. The van der Waals surface area contributed by atoms with Crippen LogP contribution in [-0.4, -0.2) is 9.13 Å². The highest BCUT2D eigenvalue weighted by Crippen LogP contribution is 2.38. The zero-order chi connectivity index (χ0) is 24.9. The van der Waals surface area contributed by atoms with Gasteiger partial charge >= 0.3 is 0 Å². The Hall–Kier alpha value is -4.10. The maximum Gasteiger partial charge on any atom is 0.214 e.